The number of halogens is 2. The van der Waals surface area contributed by atoms with Crippen molar-refractivity contribution < 1.29 is 8.78 Å². The second kappa shape index (κ2) is 5.99. The van der Waals surface area contributed by atoms with Gasteiger partial charge in [0.2, 0.25) is 0 Å². The van der Waals surface area contributed by atoms with E-state index in [-0.39, 0.29) is 6.67 Å². The molecule has 0 aromatic carbocycles. The van der Waals surface area contributed by atoms with Crippen molar-refractivity contribution in [2.24, 2.45) is 0 Å². The van der Waals surface area contributed by atoms with Gasteiger partial charge in [-0.25, -0.2) is 8.78 Å². The minimum atomic E-state index is -1.36. The van der Waals surface area contributed by atoms with Crippen LogP contribution in [0.2, 0.25) is 0 Å². The van der Waals surface area contributed by atoms with E-state index >= 15 is 0 Å². The molecule has 9 heavy (non-hydrogen) atoms. The van der Waals surface area contributed by atoms with E-state index in [9.17, 15) is 8.78 Å². The van der Waals surface area contributed by atoms with Gasteiger partial charge in [0.1, 0.15) is 6.17 Å². The topological polar surface area (TPSA) is 0 Å². The van der Waals surface area contributed by atoms with Crippen molar-refractivity contribution in [2.75, 3.05) is 0 Å². The van der Waals surface area contributed by atoms with Gasteiger partial charge in [0.25, 0.3) is 0 Å². The van der Waals surface area contributed by atoms with Gasteiger partial charge in [0, 0.05) is 0 Å². The summed E-state index contributed by atoms with van der Waals surface area (Å²) in [6, 6.07) is 0. The molecule has 0 aliphatic heterocycles. The molecule has 0 amide bonds. The Morgan fingerprint density at radius 1 is 1.44 bits per heavy atom. The Balaban J connectivity index is 2.88. The Kier molecular flexibility index (Phi) is 5.89. The van der Waals surface area contributed by atoms with Crippen molar-refractivity contribution in [1.82, 2.24) is 0 Å². The van der Waals surface area contributed by atoms with Crippen LogP contribution >= 0.6 is 0 Å². The molecule has 0 saturated heterocycles. The van der Waals surface area contributed by atoms with Crippen LogP contribution in [-0.2, 0) is 0 Å². The van der Waals surface area contributed by atoms with Gasteiger partial charge in [-0.2, -0.15) is 0 Å². The molecule has 0 saturated carbocycles. The summed E-state index contributed by atoms with van der Waals surface area (Å²) >= 11 is 0. The zero-order valence-corrected chi connectivity index (χ0v) is 5.45. The fourth-order valence-electron chi connectivity index (χ4n) is 0.579. The van der Waals surface area contributed by atoms with Crippen molar-refractivity contribution in [2.45, 2.75) is 31.9 Å². The van der Waals surface area contributed by atoms with Gasteiger partial charge in [-0.3, -0.25) is 0 Å². The van der Waals surface area contributed by atoms with E-state index in [1.807, 2.05) is 0 Å². The van der Waals surface area contributed by atoms with E-state index in [0.29, 0.717) is 6.42 Å². The molecule has 0 N–H and O–H groups in total. The normalized spacial score (nSPS) is 13.7. The molecule has 2 radical (unpaired) electrons. The Hall–Kier alpha value is -0.140. The Morgan fingerprint density at radius 3 is 2.56 bits per heavy atom. The van der Waals surface area contributed by atoms with Gasteiger partial charge >= 0.3 is 0 Å². The Morgan fingerprint density at radius 2 is 2.11 bits per heavy atom. The average molecular weight is 134 g/mol. The lowest BCUT2D eigenvalue weighted by atomic mass is 10.1. The van der Waals surface area contributed by atoms with Gasteiger partial charge in [-0.15, -0.1) is 0 Å². The molecule has 0 nitrogen and oxygen atoms in total. The van der Waals surface area contributed by atoms with Gasteiger partial charge < -0.3 is 0 Å². The molecule has 0 fully saturated rings. The summed E-state index contributed by atoms with van der Waals surface area (Å²) < 4.78 is 23.3. The van der Waals surface area contributed by atoms with Crippen LogP contribution in [0.5, 0.6) is 0 Å². The third-order valence-corrected chi connectivity index (χ3v) is 1.12. The number of hydrogen-bond acceptors (Lipinski definition) is 0. The summed E-state index contributed by atoms with van der Waals surface area (Å²) in [5.74, 6) is 0. The van der Waals surface area contributed by atoms with E-state index < -0.39 is 6.17 Å². The number of alkyl halides is 1. The van der Waals surface area contributed by atoms with E-state index in [2.05, 4.69) is 6.92 Å². The molecule has 0 rings (SSSR count). The Labute approximate surface area is 55.3 Å². The summed E-state index contributed by atoms with van der Waals surface area (Å²) in [6.07, 6.45) is 1.35. The fourth-order valence-corrected chi connectivity index (χ4v) is 0.579. The smallest absolute Gasteiger partial charge is 0.165 e. The summed E-state index contributed by atoms with van der Waals surface area (Å²) in [4.78, 5) is 0. The van der Waals surface area contributed by atoms with E-state index in [4.69, 9.17) is 0 Å². The molecule has 0 aliphatic rings. The molecular formula is C7H12F2. The summed E-state index contributed by atoms with van der Waals surface area (Å²) in [5.41, 5.74) is 0. The van der Waals surface area contributed by atoms with Crippen LogP contribution in [0, 0.1) is 13.6 Å². The highest BCUT2D eigenvalue weighted by molar-refractivity contribution is 4.63. The van der Waals surface area contributed by atoms with Gasteiger partial charge in [-0.1, -0.05) is 26.2 Å². The lowest BCUT2D eigenvalue weighted by molar-refractivity contribution is 0.294. The van der Waals surface area contributed by atoms with Gasteiger partial charge in [0.15, 0.2) is 6.67 Å². The molecular weight excluding hydrogens is 122 g/mol. The monoisotopic (exact) mass is 134 g/mol. The zero-order valence-electron chi connectivity index (χ0n) is 5.45. The van der Waals surface area contributed by atoms with E-state index in [1.54, 1.807) is 0 Å². The second-order valence-electron chi connectivity index (χ2n) is 1.99. The largest absolute Gasteiger partial charge is 0.244 e. The molecule has 0 heterocycles. The molecule has 0 aliphatic carbocycles. The molecule has 0 bridgehead atoms. The van der Waals surface area contributed by atoms with Gasteiger partial charge in [-0.05, 0) is 6.42 Å². The summed E-state index contributed by atoms with van der Waals surface area (Å²) in [7, 11) is 0. The van der Waals surface area contributed by atoms with Crippen molar-refractivity contribution in [3.63, 3.8) is 0 Å². The molecule has 1 atom stereocenters. The van der Waals surface area contributed by atoms with E-state index in [1.165, 1.54) is 0 Å². The van der Waals surface area contributed by atoms with Crippen molar-refractivity contribution >= 4 is 0 Å². The maximum Gasteiger partial charge on any atom is 0.165 e. The summed E-state index contributed by atoms with van der Waals surface area (Å²) in [5, 5.41) is 0. The zero-order chi connectivity index (χ0) is 7.11. The predicted molar refractivity (Wildman–Crippen MR) is 34.1 cm³/mol. The van der Waals surface area contributed by atoms with Crippen molar-refractivity contribution in [3.05, 3.63) is 13.6 Å². The predicted octanol–water partition coefficient (Wildman–Crippen LogP) is 2.85. The highest BCUT2D eigenvalue weighted by Crippen LogP contribution is 2.08. The maximum atomic E-state index is 12.0. The highest BCUT2D eigenvalue weighted by atomic mass is 19.2. The van der Waals surface area contributed by atoms with Crippen molar-refractivity contribution in [1.29, 1.82) is 0 Å². The summed E-state index contributed by atoms with van der Waals surface area (Å²) in [6.45, 7) is 3.68. The third-order valence-electron chi connectivity index (χ3n) is 1.12. The third kappa shape index (κ3) is 5.74. The quantitative estimate of drug-likeness (QED) is 0.507. The minimum Gasteiger partial charge on any atom is -0.244 e. The van der Waals surface area contributed by atoms with Crippen LogP contribution in [-0.4, -0.2) is 6.17 Å². The van der Waals surface area contributed by atoms with Crippen LogP contribution in [0.15, 0.2) is 0 Å². The first-order valence-electron chi connectivity index (χ1n) is 3.18. The van der Waals surface area contributed by atoms with Gasteiger partial charge in [0.05, 0.1) is 0 Å². The van der Waals surface area contributed by atoms with Crippen LogP contribution in [0.25, 0.3) is 0 Å². The highest BCUT2D eigenvalue weighted by Gasteiger charge is 2.03. The van der Waals surface area contributed by atoms with Crippen LogP contribution in [0.3, 0.4) is 0 Å². The molecule has 1 unspecified atom stereocenters. The first-order chi connectivity index (χ1) is 4.31. The standard InChI is InChI=1S/C7H12F2/c1-2-3-4-5-7(9)6-8/h6-7H,1-5H2. The van der Waals surface area contributed by atoms with Crippen LogP contribution < -0.4 is 0 Å². The fraction of sp³-hybridized carbons (Fsp3) is 0.714. The lowest BCUT2D eigenvalue weighted by Gasteiger charge is -1.99. The van der Waals surface area contributed by atoms with Crippen LogP contribution in [0.4, 0.5) is 8.78 Å². The average Bonchev–Trinajstić information content (AvgIpc) is 1.89. The number of hydrogen-bond donors (Lipinski definition) is 0. The first-order valence-corrected chi connectivity index (χ1v) is 3.18. The van der Waals surface area contributed by atoms with E-state index in [0.717, 1.165) is 19.3 Å². The number of rotatable bonds is 5. The molecule has 0 aromatic rings. The SMILES string of the molecule is [CH2]CCCCC(F)[CH]F. The van der Waals surface area contributed by atoms with Crippen LogP contribution in [0.1, 0.15) is 25.7 Å². The molecule has 54 valence electrons. The minimum absolute atomic E-state index is 0.100. The second-order valence-corrected chi connectivity index (χ2v) is 1.99. The number of unbranched alkanes of at least 4 members (excludes halogenated alkanes) is 2. The molecule has 0 spiro atoms. The van der Waals surface area contributed by atoms with Crippen molar-refractivity contribution in [3.8, 4) is 0 Å². The maximum absolute atomic E-state index is 12.0. The molecule has 0 aromatic heterocycles. The molecule has 2 heteroatoms. The first kappa shape index (κ1) is 8.86. The lowest BCUT2D eigenvalue weighted by Crippen LogP contribution is -1.96. The Bertz CT molecular complexity index is 54.9.